The molecule has 0 bridgehead atoms. The number of hydrogen-bond acceptors (Lipinski definition) is 4. The predicted octanol–water partition coefficient (Wildman–Crippen LogP) is 2.17. The van der Waals surface area contributed by atoms with E-state index in [1.165, 1.54) is 0 Å². The summed E-state index contributed by atoms with van der Waals surface area (Å²) in [4.78, 5) is 15.8. The normalized spacial score (nSPS) is 16.0. The third-order valence-electron chi connectivity index (χ3n) is 2.65. The lowest BCUT2D eigenvalue weighted by Crippen LogP contribution is -2.26. The quantitative estimate of drug-likeness (QED) is 0.867. The van der Waals surface area contributed by atoms with Gasteiger partial charge in [-0.25, -0.2) is 4.98 Å². The number of amides is 1. The van der Waals surface area contributed by atoms with Crippen molar-refractivity contribution in [3.8, 4) is 0 Å². The molecule has 0 radical (unpaired) electrons. The number of anilines is 2. The summed E-state index contributed by atoms with van der Waals surface area (Å²) >= 11 is 1.92. The summed E-state index contributed by atoms with van der Waals surface area (Å²) in [6.07, 6.45) is 3.53. The number of carbonyl (C=O) groups excluding carboxylic acids is 1. The van der Waals surface area contributed by atoms with E-state index < -0.39 is 0 Å². The van der Waals surface area contributed by atoms with Gasteiger partial charge in [0.25, 0.3) is 0 Å². The largest absolute Gasteiger partial charge is 0.384 e. The molecule has 0 atom stereocenters. The summed E-state index contributed by atoms with van der Waals surface area (Å²) in [5.41, 5.74) is 6.19. The lowest BCUT2D eigenvalue weighted by atomic mass is 10.0. The van der Waals surface area contributed by atoms with Crippen LogP contribution in [0.4, 0.5) is 11.5 Å². The third kappa shape index (κ3) is 4.09. The molecule has 0 saturated carbocycles. The number of thioether (sulfide) groups is 1. The van der Waals surface area contributed by atoms with Gasteiger partial charge in [-0.15, -0.1) is 12.4 Å². The molecule has 17 heavy (non-hydrogen) atoms. The highest BCUT2D eigenvalue weighted by Crippen LogP contribution is 2.23. The first-order valence-electron chi connectivity index (χ1n) is 5.36. The van der Waals surface area contributed by atoms with Gasteiger partial charge in [0.1, 0.15) is 5.82 Å². The van der Waals surface area contributed by atoms with Crippen LogP contribution < -0.4 is 11.1 Å². The van der Waals surface area contributed by atoms with E-state index in [-0.39, 0.29) is 24.2 Å². The molecule has 1 aromatic heterocycles. The van der Waals surface area contributed by atoms with E-state index in [1.54, 1.807) is 18.3 Å². The van der Waals surface area contributed by atoms with Gasteiger partial charge in [-0.1, -0.05) is 0 Å². The van der Waals surface area contributed by atoms with Crippen molar-refractivity contribution in [1.82, 2.24) is 4.98 Å². The first-order valence-corrected chi connectivity index (χ1v) is 6.51. The molecule has 1 aliphatic rings. The lowest BCUT2D eigenvalue weighted by molar-refractivity contribution is -0.120. The van der Waals surface area contributed by atoms with Crippen LogP contribution in [0.3, 0.4) is 0 Å². The van der Waals surface area contributed by atoms with Crippen molar-refractivity contribution < 1.29 is 4.79 Å². The Balaban J connectivity index is 0.00000144. The summed E-state index contributed by atoms with van der Waals surface area (Å²) in [6, 6.07) is 3.46. The highest BCUT2D eigenvalue weighted by molar-refractivity contribution is 7.99. The smallest absolute Gasteiger partial charge is 0.227 e. The monoisotopic (exact) mass is 273 g/mol. The molecule has 1 aromatic rings. The number of rotatable bonds is 2. The molecule has 1 amide bonds. The Morgan fingerprint density at radius 1 is 1.41 bits per heavy atom. The van der Waals surface area contributed by atoms with Gasteiger partial charge >= 0.3 is 0 Å². The van der Waals surface area contributed by atoms with E-state index in [0.717, 1.165) is 30.0 Å². The maximum absolute atomic E-state index is 11.9. The van der Waals surface area contributed by atoms with E-state index >= 15 is 0 Å². The summed E-state index contributed by atoms with van der Waals surface area (Å²) in [5.74, 6) is 2.88. The molecule has 1 saturated heterocycles. The average molecular weight is 274 g/mol. The molecular formula is C11H16ClN3OS. The summed E-state index contributed by atoms with van der Waals surface area (Å²) < 4.78 is 0. The number of halogens is 1. The van der Waals surface area contributed by atoms with Crippen LogP contribution in [0.1, 0.15) is 12.8 Å². The van der Waals surface area contributed by atoms with Gasteiger partial charge in [0.15, 0.2) is 0 Å². The van der Waals surface area contributed by atoms with Crippen molar-refractivity contribution in [3.63, 3.8) is 0 Å². The fourth-order valence-electron chi connectivity index (χ4n) is 1.68. The molecule has 6 heteroatoms. The Labute approximate surface area is 111 Å². The Morgan fingerprint density at radius 2 is 2.12 bits per heavy atom. The molecule has 4 nitrogen and oxygen atoms in total. The Bertz CT molecular complexity index is 365. The minimum absolute atomic E-state index is 0. The molecule has 0 spiro atoms. The number of hydrogen-bond donors (Lipinski definition) is 2. The topological polar surface area (TPSA) is 68.0 Å². The maximum atomic E-state index is 11.9. The fourth-order valence-corrected chi connectivity index (χ4v) is 2.79. The lowest BCUT2D eigenvalue weighted by Gasteiger charge is -2.20. The Kier molecular flexibility index (Phi) is 5.58. The number of nitrogen functional groups attached to an aromatic ring is 1. The zero-order valence-corrected chi connectivity index (χ0v) is 11.0. The second kappa shape index (κ2) is 6.71. The molecular weight excluding hydrogens is 258 g/mol. The van der Waals surface area contributed by atoms with Crippen LogP contribution in [0.25, 0.3) is 0 Å². The highest BCUT2D eigenvalue weighted by atomic mass is 35.5. The summed E-state index contributed by atoms with van der Waals surface area (Å²) in [7, 11) is 0. The van der Waals surface area contributed by atoms with E-state index in [4.69, 9.17) is 5.73 Å². The second-order valence-corrected chi connectivity index (χ2v) is 5.07. The van der Waals surface area contributed by atoms with Gasteiger partial charge in [0, 0.05) is 5.92 Å². The van der Waals surface area contributed by atoms with Gasteiger partial charge in [-0.05, 0) is 36.5 Å². The van der Waals surface area contributed by atoms with Crippen LogP contribution in [-0.4, -0.2) is 22.4 Å². The van der Waals surface area contributed by atoms with Crippen LogP contribution in [0.5, 0.6) is 0 Å². The van der Waals surface area contributed by atoms with Gasteiger partial charge in [0.05, 0.1) is 11.9 Å². The highest BCUT2D eigenvalue weighted by Gasteiger charge is 2.21. The molecule has 2 rings (SSSR count). The van der Waals surface area contributed by atoms with Gasteiger partial charge in [0.2, 0.25) is 5.91 Å². The Hall–Kier alpha value is -0.940. The minimum Gasteiger partial charge on any atom is -0.384 e. The first-order chi connectivity index (χ1) is 7.75. The minimum atomic E-state index is 0. The van der Waals surface area contributed by atoms with E-state index in [2.05, 4.69) is 10.3 Å². The van der Waals surface area contributed by atoms with Crippen LogP contribution in [-0.2, 0) is 4.79 Å². The Morgan fingerprint density at radius 3 is 2.71 bits per heavy atom. The maximum Gasteiger partial charge on any atom is 0.227 e. The van der Waals surface area contributed by atoms with Crippen molar-refractivity contribution >= 4 is 41.6 Å². The van der Waals surface area contributed by atoms with E-state index in [9.17, 15) is 4.79 Å². The van der Waals surface area contributed by atoms with Gasteiger partial charge in [-0.3, -0.25) is 4.79 Å². The molecule has 1 fully saturated rings. The van der Waals surface area contributed by atoms with Crippen molar-refractivity contribution in [1.29, 1.82) is 0 Å². The fraction of sp³-hybridized carbons (Fsp3) is 0.455. The summed E-state index contributed by atoms with van der Waals surface area (Å²) in [6.45, 7) is 0. The average Bonchev–Trinajstić information content (AvgIpc) is 2.33. The van der Waals surface area contributed by atoms with Crippen molar-refractivity contribution in [2.75, 3.05) is 22.6 Å². The zero-order chi connectivity index (χ0) is 11.4. The van der Waals surface area contributed by atoms with Gasteiger partial charge < -0.3 is 11.1 Å². The van der Waals surface area contributed by atoms with Crippen LogP contribution in [0.15, 0.2) is 18.3 Å². The number of aromatic nitrogens is 1. The number of nitrogens with two attached hydrogens (primary N) is 1. The second-order valence-electron chi connectivity index (χ2n) is 3.85. The molecule has 0 unspecified atom stereocenters. The van der Waals surface area contributed by atoms with E-state index in [1.807, 2.05) is 11.8 Å². The molecule has 94 valence electrons. The van der Waals surface area contributed by atoms with Gasteiger partial charge in [-0.2, -0.15) is 11.8 Å². The molecule has 2 heterocycles. The van der Waals surface area contributed by atoms with Crippen LogP contribution in [0.2, 0.25) is 0 Å². The zero-order valence-electron chi connectivity index (χ0n) is 9.39. The number of pyridine rings is 1. The number of nitrogens with zero attached hydrogens (tertiary/aromatic N) is 1. The van der Waals surface area contributed by atoms with Crippen molar-refractivity contribution in [2.24, 2.45) is 5.92 Å². The number of nitrogens with one attached hydrogen (secondary N) is 1. The van der Waals surface area contributed by atoms with Crippen molar-refractivity contribution in [2.45, 2.75) is 12.8 Å². The number of carbonyl (C=O) groups is 1. The van der Waals surface area contributed by atoms with Crippen LogP contribution >= 0.6 is 24.2 Å². The van der Waals surface area contributed by atoms with Crippen LogP contribution in [0, 0.1) is 5.92 Å². The standard InChI is InChI=1S/C11H15N3OS.ClH/c12-10-2-1-9(7-13-10)14-11(15)8-3-5-16-6-4-8;/h1-2,7-8H,3-6H2,(H2,12,13)(H,14,15);1H. The molecule has 1 aliphatic heterocycles. The molecule has 0 aliphatic carbocycles. The molecule has 0 aromatic carbocycles. The first kappa shape index (κ1) is 14.1. The van der Waals surface area contributed by atoms with Crippen molar-refractivity contribution in [3.05, 3.63) is 18.3 Å². The molecule has 3 N–H and O–H groups in total. The SMILES string of the molecule is Cl.Nc1ccc(NC(=O)C2CCSCC2)cn1. The predicted molar refractivity (Wildman–Crippen MR) is 74.6 cm³/mol. The summed E-state index contributed by atoms with van der Waals surface area (Å²) in [5, 5.41) is 2.87. The third-order valence-corrected chi connectivity index (χ3v) is 3.69. The van der Waals surface area contributed by atoms with E-state index in [0.29, 0.717) is 5.82 Å².